The molecule has 5 nitrogen and oxygen atoms in total. The lowest BCUT2D eigenvalue weighted by Gasteiger charge is -2.20. The van der Waals surface area contributed by atoms with Crippen LogP contribution in [0.2, 0.25) is 0 Å². The van der Waals surface area contributed by atoms with Crippen LogP contribution < -0.4 is 0 Å². The Balaban J connectivity index is 2.79. The number of aldehydes is 1. The molecule has 0 spiro atoms. The molecule has 0 bridgehead atoms. The van der Waals surface area contributed by atoms with E-state index < -0.39 is 5.60 Å². The second-order valence-corrected chi connectivity index (χ2v) is 4.26. The first kappa shape index (κ1) is 11.8. The van der Waals surface area contributed by atoms with Crippen LogP contribution in [0.5, 0.6) is 0 Å². The largest absolute Gasteiger partial charge is 0.389 e. The molecule has 0 aliphatic heterocycles. The third-order valence-electron chi connectivity index (χ3n) is 2.20. The molecule has 0 saturated heterocycles. The molecular formula is C10H17N3O2. The van der Waals surface area contributed by atoms with Crippen LogP contribution in [0.15, 0.2) is 6.33 Å². The molecule has 0 fully saturated rings. The first-order valence-electron chi connectivity index (χ1n) is 5.00. The maximum atomic E-state index is 10.4. The van der Waals surface area contributed by atoms with Gasteiger partial charge in [0.25, 0.3) is 0 Å². The highest BCUT2D eigenvalue weighted by atomic mass is 16.3. The molecule has 15 heavy (non-hydrogen) atoms. The Morgan fingerprint density at radius 2 is 2.33 bits per heavy atom. The Hall–Kier alpha value is -1.23. The van der Waals surface area contributed by atoms with E-state index in [2.05, 4.69) is 10.1 Å². The molecule has 5 heteroatoms. The van der Waals surface area contributed by atoms with E-state index in [0.29, 0.717) is 12.2 Å². The summed E-state index contributed by atoms with van der Waals surface area (Å²) in [6, 6.07) is 0.203. The standard InChI is InChI=1S/C10H17N3O2/c1-8(2)13-9(11-7-12-13)6-10(3,15)4-5-14/h5,7-8,15H,4,6H2,1-3H3. The number of carbonyl (C=O) groups is 1. The molecule has 1 atom stereocenters. The van der Waals surface area contributed by atoms with Crippen LogP contribution in [0.3, 0.4) is 0 Å². The Kier molecular flexibility index (Phi) is 3.57. The normalized spacial score (nSPS) is 15.3. The molecule has 1 aromatic rings. The Morgan fingerprint density at radius 1 is 1.67 bits per heavy atom. The van der Waals surface area contributed by atoms with Crippen molar-refractivity contribution < 1.29 is 9.90 Å². The molecule has 1 N–H and O–H groups in total. The van der Waals surface area contributed by atoms with E-state index in [4.69, 9.17) is 0 Å². The highest BCUT2D eigenvalue weighted by molar-refractivity contribution is 5.51. The second-order valence-electron chi connectivity index (χ2n) is 4.26. The number of hydrogen-bond acceptors (Lipinski definition) is 4. The van der Waals surface area contributed by atoms with Crippen molar-refractivity contribution in [2.24, 2.45) is 0 Å². The fraction of sp³-hybridized carbons (Fsp3) is 0.700. The number of nitrogens with zero attached hydrogens (tertiary/aromatic N) is 3. The van der Waals surface area contributed by atoms with Crippen molar-refractivity contribution in [3.8, 4) is 0 Å². The number of aromatic nitrogens is 3. The summed E-state index contributed by atoms with van der Waals surface area (Å²) in [5, 5.41) is 13.9. The number of rotatable bonds is 5. The Labute approximate surface area is 89.1 Å². The van der Waals surface area contributed by atoms with Gasteiger partial charge in [0.2, 0.25) is 0 Å². The number of hydrogen-bond donors (Lipinski definition) is 1. The van der Waals surface area contributed by atoms with Gasteiger partial charge in [0, 0.05) is 18.9 Å². The first-order valence-corrected chi connectivity index (χ1v) is 5.00. The molecule has 0 saturated carbocycles. The zero-order chi connectivity index (χ0) is 11.5. The molecule has 84 valence electrons. The molecule has 0 radical (unpaired) electrons. The summed E-state index contributed by atoms with van der Waals surface area (Å²) >= 11 is 0. The topological polar surface area (TPSA) is 68.0 Å². The Bertz CT molecular complexity index is 331. The monoisotopic (exact) mass is 211 g/mol. The van der Waals surface area contributed by atoms with Crippen LogP contribution >= 0.6 is 0 Å². The minimum atomic E-state index is -1.04. The van der Waals surface area contributed by atoms with Gasteiger partial charge in [0.1, 0.15) is 18.4 Å². The van der Waals surface area contributed by atoms with Crippen LogP contribution in [0.4, 0.5) is 0 Å². The fourth-order valence-corrected chi connectivity index (χ4v) is 1.42. The van der Waals surface area contributed by atoms with Gasteiger partial charge in [0.15, 0.2) is 0 Å². The maximum Gasteiger partial charge on any atom is 0.138 e. The lowest BCUT2D eigenvalue weighted by Crippen LogP contribution is -2.29. The molecule has 1 heterocycles. The van der Waals surface area contributed by atoms with Crippen LogP contribution in [0.1, 0.15) is 39.1 Å². The van der Waals surface area contributed by atoms with E-state index in [1.165, 1.54) is 6.33 Å². The molecule has 0 amide bonds. The number of carbonyl (C=O) groups excluding carboxylic acids is 1. The summed E-state index contributed by atoms with van der Waals surface area (Å²) in [4.78, 5) is 14.4. The maximum absolute atomic E-state index is 10.4. The van der Waals surface area contributed by atoms with E-state index in [1.54, 1.807) is 11.6 Å². The predicted octanol–water partition coefficient (Wildman–Crippen LogP) is 0.742. The van der Waals surface area contributed by atoms with Gasteiger partial charge >= 0.3 is 0 Å². The van der Waals surface area contributed by atoms with Gasteiger partial charge in [-0.25, -0.2) is 9.67 Å². The van der Waals surface area contributed by atoms with Crippen LogP contribution in [0, 0.1) is 0 Å². The van der Waals surface area contributed by atoms with Gasteiger partial charge in [-0.3, -0.25) is 0 Å². The van der Waals surface area contributed by atoms with Crippen molar-refractivity contribution in [1.82, 2.24) is 14.8 Å². The van der Waals surface area contributed by atoms with Crippen LogP contribution in [-0.4, -0.2) is 31.8 Å². The smallest absolute Gasteiger partial charge is 0.138 e. The van der Waals surface area contributed by atoms with Gasteiger partial charge in [0.05, 0.1) is 5.60 Å². The van der Waals surface area contributed by atoms with Gasteiger partial charge in [-0.2, -0.15) is 5.10 Å². The fourth-order valence-electron chi connectivity index (χ4n) is 1.42. The quantitative estimate of drug-likeness (QED) is 0.729. The molecule has 1 aromatic heterocycles. The van der Waals surface area contributed by atoms with Crippen molar-refractivity contribution in [2.45, 2.75) is 45.3 Å². The lowest BCUT2D eigenvalue weighted by atomic mass is 9.98. The first-order chi connectivity index (χ1) is 6.96. The summed E-state index contributed by atoms with van der Waals surface area (Å²) in [5.41, 5.74) is -1.04. The molecular weight excluding hydrogens is 194 g/mol. The van der Waals surface area contributed by atoms with E-state index in [-0.39, 0.29) is 12.5 Å². The second kappa shape index (κ2) is 4.53. The van der Waals surface area contributed by atoms with E-state index in [9.17, 15) is 9.90 Å². The summed E-state index contributed by atoms with van der Waals surface area (Å²) < 4.78 is 1.75. The van der Waals surface area contributed by atoms with Crippen LogP contribution in [0.25, 0.3) is 0 Å². The van der Waals surface area contributed by atoms with Crippen molar-refractivity contribution in [1.29, 1.82) is 0 Å². The summed E-state index contributed by atoms with van der Waals surface area (Å²) in [5.74, 6) is 0.705. The third kappa shape index (κ3) is 3.13. The van der Waals surface area contributed by atoms with Crippen LogP contribution in [-0.2, 0) is 11.2 Å². The molecule has 0 aliphatic carbocycles. The Morgan fingerprint density at radius 3 is 2.87 bits per heavy atom. The SMILES string of the molecule is CC(C)n1ncnc1CC(C)(O)CC=O. The van der Waals surface area contributed by atoms with Gasteiger partial charge in [-0.15, -0.1) is 0 Å². The highest BCUT2D eigenvalue weighted by Crippen LogP contribution is 2.16. The summed E-state index contributed by atoms with van der Waals surface area (Å²) in [6.45, 7) is 5.61. The molecule has 1 unspecified atom stereocenters. The molecule has 0 aliphatic rings. The zero-order valence-corrected chi connectivity index (χ0v) is 9.34. The van der Waals surface area contributed by atoms with Crippen molar-refractivity contribution in [3.05, 3.63) is 12.2 Å². The lowest BCUT2D eigenvalue weighted by molar-refractivity contribution is -0.111. The minimum absolute atomic E-state index is 0.109. The van der Waals surface area contributed by atoms with Crippen molar-refractivity contribution in [3.63, 3.8) is 0 Å². The predicted molar refractivity (Wildman–Crippen MR) is 55.4 cm³/mol. The average molecular weight is 211 g/mol. The molecule has 1 rings (SSSR count). The van der Waals surface area contributed by atoms with Crippen molar-refractivity contribution >= 4 is 6.29 Å². The summed E-state index contributed by atoms with van der Waals surface area (Å²) in [6.07, 6.45) is 2.63. The summed E-state index contributed by atoms with van der Waals surface area (Å²) in [7, 11) is 0. The van der Waals surface area contributed by atoms with E-state index in [1.807, 2.05) is 13.8 Å². The van der Waals surface area contributed by atoms with E-state index in [0.717, 1.165) is 6.29 Å². The number of aliphatic hydroxyl groups is 1. The minimum Gasteiger partial charge on any atom is -0.389 e. The van der Waals surface area contributed by atoms with Gasteiger partial charge < -0.3 is 9.90 Å². The van der Waals surface area contributed by atoms with Gasteiger partial charge in [-0.05, 0) is 20.8 Å². The third-order valence-corrected chi connectivity index (χ3v) is 2.20. The molecule has 0 aromatic carbocycles. The average Bonchev–Trinajstić information content (AvgIpc) is 2.50. The van der Waals surface area contributed by atoms with Gasteiger partial charge in [-0.1, -0.05) is 0 Å². The highest BCUT2D eigenvalue weighted by Gasteiger charge is 2.23. The zero-order valence-electron chi connectivity index (χ0n) is 9.34. The van der Waals surface area contributed by atoms with E-state index >= 15 is 0 Å². The van der Waals surface area contributed by atoms with Crippen molar-refractivity contribution in [2.75, 3.05) is 0 Å².